The molecule has 1 aromatic carbocycles. The van der Waals surface area contributed by atoms with Gasteiger partial charge in [-0.2, -0.15) is 5.26 Å². The van der Waals surface area contributed by atoms with Gasteiger partial charge in [0.15, 0.2) is 0 Å². The van der Waals surface area contributed by atoms with Gasteiger partial charge in [0.2, 0.25) is 0 Å². The van der Waals surface area contributed by atoms with Gasteiger partial charge >= 0.3 is 0 Å². The summed E-state index contributed by atoms with van der Waals surface area (Å²) in [4.78, 5) is 1.13. The highest BCUT2D eigenvalue weighted by molar-refractivity contribution is 9.10. The van der Waals surface area contributed by atoms with Gasteiger partial charge < -0.3 is 0 Å². The Morgan fingerprint density at radius 2 is 2.24 bits per heavy atom. The van der Waals surface area contributed by atoms with Crippen molar-refractivity contribution in [3.8, 4) is 6.07 Å². The van der Waals surface area contributed by atoms with Crippen molar-refractivity contribution in [3.63, 3.8) is 0 Å². The first-order valence-electron chi connectivity index (χ1n) is 6.05. The second-order valence-electron chi connectivity index (χ2n) is 4.76. The first kappa shape index (κ1) is 13.0. The summed E-state index contributed by atoms with van der Waals surface area (Å²) in [5.41, 5.74) is 0.794. The molecule has 0 saturated heterocycles. The molecule has 0 aliphatic heterocycles. The fourth-order valence-electron chi connectivity index (χ4n) is 2.36. The summed E-state index contributed by atoms with van der Waals surface area (Å²) < 4.78 is 0.982. The third-order valence-corrected chi connectivity index (χ3v) is 5.11. The zero-order valence-electron chi connectivity index (χ0n) is 9.95. The summed E-state index contributed by atoms with van der Waals surface area (Å²) in [6.07, 6.45) is 5.27. The SMILES string of the molecule is CC1CCCC(Sc2ccc(Br)cc2C#N)C1. The molecular formula is C14H16BrNS. The fourth-order valence-corrected chi connectivity index (χ4v) is 4.17. The van der Waals surface area contributed by atoms with Gasteiger partial charge in [-0.25, -0.2) is 0 Å². The van der Waals surface area contributed by atoms with E-state index in [4.69, 9.17) is 5.26 Å². The van der Waals surface area contributed by atoms with Crippen molar-refractivity contribution in [3.05, 3.63) is 28.2 Å². The number of rotatable bonds is 2. The van der Waals surface area contributed by atoms with E-state index in [0.717, 1.165) is 20.8 Å². The van der Waals surface area contributed by atoms with Gasteiger partial charge in [0, 0.05) is 14.6 Å². The smallest absolute Gasteiger partial charge is 0.100 e. The van der Waals surface area contributed by atoms with Crippen molar-refractivity contribution < 1.29 is 0 Å². The Morgan fingerprint density at radius 1 is 1.41 bits per heavy atom. The zero-order valence-corrected chi connectivity index (χ0v) is 12.4. The van der Waals surface area contributed by atoms with Gasteiger partial charge in [-0.05, 0) is 37.0 Å². The van der Waals surface area contributed by atoms with Crippen LogP contribution < -0.4 is 0 Å². The molecule has 1 nitrogen and oxygen atoms in total. The largest absolute Gasteiger partial charge is 0.192 e. The summed E-state index contributed by atoms with van der Waals surface area (Å²) in [6, 6.07) is 8.28. The predicted octanol–water partition coefficient (Wildman–Crippen LogP) is 4.99. The molecule has 0 bridgehead atoms. The normalized spacial score (nSPS) is 24.3. The van der Waals surface area contributed by atoms with Gasteiger partial charge in [-0.15, -0.1) is 11.8 Å². The molecule has 0 aromatic heterocycles. The Kier molecular flexibility index (Phi) is 4.53. The molecule has 2 unspecified atom stereocenters. The van der Waals surface area contributed by atoms with Crippen LogP contribution in [0.1, 0.15) is 38.2 Å². The summed E-state index contributed by atoms with van der Waals surface area (Å²) in [7, 11) is 0. The Hall–Kier alpha value is -0.460. The first-order valence-corrected chi connectivity index (χ1v) is 7.72. The minimum atomic E-state index is 0.687. The standard InChI is InChI=1S/C14H16BrNS/c1-10-3-2-4-13(7-10)17-14-6-5-12(15)8-11(14)9-16/h5-6,8,10,13H,2-4,7H2,1H3. The molecule has 17 heavy (non-hydrogen) atoms. The Labute approximate surface area is 116 Å². The highest BCUT2D eigenvalue weighted by Crippen LogP contribution is 2.37. The lowest BCUT2D eigenvalue weighted by atomic mass is 9.91. The van der Waals surface area contributed by atoms with Gasteiger partial charge in [0.05, 0.1) is 5.56 Å². The van der Waals surface area contributed by atoms with Crippen LogP contribution in [0.25, 0.3) is 0 Å². The first-order chi connectivity index (χ1) is 8.19. The highest BCUT2D eigenvalue weighted by Gasteiger charge is 2.20. The third kappa shape index (κ3) is 3.50. The van der Waals surface area contributed by atoms with E-state index >= 15 is 0 Å². The lowest BCUT2D eigenvalue weighted by Crippen LogP contribution is -2.15. The number of benzene rings is 1. The van der Waals surface area contributed by atoms with Crippen molar-refractivity contribution in [1.82, 2.24) is 0 Å². The molecule has 0 N–H and O–H groups in total. The molecule has 0 spiro atoms. The summed E-state index contributed by atoms with van der Waals surface area (Å²) in [5, 5.41) is 9.83. The lowest BCUT2D eigenvalue weighted by molar-refractivity contribution is 0.394. The van der Waals surface area contributed by atoms with Crippen LogP contribution in [0.15, 0.2) is 27.6 Å². The zero-order chi connectivity index (χ0) is 12.3. The average Bonchev–Trinajstić information content (AvgIpc) is 2.31. The third-order valence-electron chi connectivity index (χ3n) is 3.24. The lowest BCUT2D eigenvalue weighted by Gasteiger charge is -2.26. The Balaban J connectivity index is 2.10. The quantitative estimate of drug-likeness (QED) is 0.768. The topological polar surface area (TPSA) is 23.8 Å². The van der Waals surface area contributed by atoms with E-state index in [2.05, 4.69) is 35.0 Å². The molecule has 0 amide bonds. The van der Waals surface area contributed by atoms with E-state index < -0.39 is 0 Å². The molecular weight excluding hydrogens is 294 g/mol. The van der Waals surface area contributed by atoms with Crippen molar-refractivity contribution >= 4 is 27.7 Å². The van der Waals surface area contributed by atoms with Crippen LogP contribution in [0.3, 0.4) is 0 Å². The molecule has 1 aromatic rings. The maximum absolute atomic E-state index is 9.14. The van der Waals surface area contributed by atoms with Crippen LogP contribution in [-0.4, -0.2) is 5.25 Å². The van der Waals surface area contributed by atoms with E-state index in [1.54, 1.807) is 0 Å². The number of halogens is 1. The molecule has 1 aliphatic carbocycles. The summed E-state index contributed by atoms with van der Waals surface area (Å²) in [5.74, 6) is 0.835. The van der Waals surface area contributed by atoms with Gasteiger partial charge in [0.25, 0.3) is 0 Å². The molecule has 1 saturated carbocycles. The number of nitrogens with zero attached hydrogens (tertiary/aromatic N) is 1. The van der Waals surface area contributed by atoms with E-state index in [0.29, 0.717) is 5.25 Å². The van der Waals surface area contributed by atoms with Crippen LogP contribution >= 0.6 is 27.7 Å². The molecule has 0 radical (unpaired) electrons. The number of hydrogen-bond donors (Lipinski definition) is 0. The van der Waals surface area contributed by atoms with Crippen LogP contribution in [0.2, 0.25) is 0 Å². The minimum Gasteiger partial charge on any atom is -0.192 e. The van der Waals surface area contributed by atoms with Crippen LogP contribution in [0, 0.1) is 17.2 Å². The molecule has 2 rings (SSSR count). The molecule has 1 aliphatic rings. The monoisotopic (exact) mass is 309 g/mol. The Morgan fingerprint density at radius 3 is 2.94 bits per heavy atom. The average molecular weight is 310 g/mol. The van der Waals surface area contributed by atoms with Crippen molar-refractivity contribution in [2.24, 2.45) is 5.92 Å². The van der Waals surface area contributed by atoms with E-state index in [1.165, 1.54) is 25.7 Å². The van der Waals surface area contributed by atoms with Crippen molar-refractivity contribution in [2.45, 2.75) is 42.8 Å². The molecule has 1 fully saturated rings. The van der Waals surface area contributed by atoms with Crippen LogP contribution in [0.4, 0.5) is 0 Å². The maximum Gasteiger partial charge on any atom is 0.100 e. The van der Waals surface area contributed by atoms with Crippen LogP contribution in [0.5, 0.6) is 0 Å². The molecule has 0 heterocycles. The fraction of sp³-hybridized carbons (Fsp3) is 0.500. The second-order valence-corrected chi connectivity index (χ2v) is 7.02. The predicted molar refractivity (Wildman–Crippen MR) is 76.1 cm³/mol. The van der Waals surface area contributed by atoms with E-state index in [1.807, 2.05) is 23.9 Å². The van der Waals surface area contributed by atoms with E-state index in [-0.39, 0.29) is 0 Å². The van der Waals surface area contributed by atoms with Crippen molar-refractivity contribution in [2.75, 3.05) is 0 Å². The minimum absolute atomic E-state index is 0.687. The number of thioether (sulfide) groups is 1. The summed E-state index contributed by atoms with van der Waals surface area (Å²) >= 11 is 5.30. The van der Waals surface area contributed by atoms with Gasteiger partial charge in [-0.1, -0.05) is 35.7 Å². The Bertz CT molecular complexity index is 438. The van der Waals surface area contributed by atoms with Gasteiger partial charge in [-0.3, -0.25) is 0 Å². The van der Waals surface area contributed by atoms with E-state index in [9.17, 15) is 0 Å². The highest BCUT2D eigenvalue weighted by atomic mass is 79.9. The van der Waals surface area contributed by atoms with Gasteiger partial charge in [0.1, 0.15) is 6.07 Å². The molecule has 90 valence electrons. The maximum atomic E-state index is 9.14. The van der Waals surface area contributed by atoms with Crippen LogP contribution in [-0.2, 0) is 0 Å². The molecule has 2 atom stereocenters. The number of hydrogen-bond acceptors (Lipinski definition) is 2. The van der Waals surface area contributed by atoms with Crippen molar-refractivity contribution in [1.29, 1.82) is 5.26 Å². The second kappa shape index (κ2) is 5.93. The molecule has 3 heteroatoms. The number of nitriles is 1. The summed E-state index contributed by atoms with van der Waals surface area (Å²) in [6.45, 7) is 2.33.